The number of nitro benzene ring substituents is 1. The quantitative estimate of drug-likeness (QED) is 0.555. The molecule has 0 bridgehead atoms. The Kier molecular flexibility index (Phi) is 4.00. The first kappa shape index (κ1) is 17.5. The predicted molar refractivity (Wildman–Crippen MR) is 102 cm³/mol. The summed E-state index contributed by atoms with van der Waals surface area (Å²) in [5, 5.41) is 21.4. The van der Waals surface area contributed by atoms with Crippen LogP contribution < -0.4 is 9.64 Å². The number of non-ortho nitro benzene ring substituents is 1. The fourth-order valence-corrected chi connectivity index (χ4v) is 3.50. The number of rotatable bonds is 4. The number of carbonyl (C=O) groups excluding carboxylic acids is 1. The molecular formula is C21H16N2O5. The van der Waals surface area contributed by atoms with Crippen LogP contribution in [0.25, 0.3) is 0 Å². The van der Waals surface area contributed by atoms with Crippen LogP contribution in [0.4, 0.5) is 11.4 Å². The smallest absolute Gasteiger partial charge is 0.280 e. The molecule has 7 heteroatoms. The van der Waals surface area contributed by atoms with Crippen molar-refractivity contribution in [2.45, 2.75) is 5.60 Å². The van der Waals surface area contributed by atoms with E-state index in [1.807, 2.05) is 12.1 Å². The van der Waals surface area contributed by atoms with Gasteiger partial charge in [0.1, 0.15) is 0 Å². The van der Waals surface area contributed by atoms with Gasteiger partial charge in [0.2, 0.25) is 5.60 Å². The van der Waals surface area contributed by atoms with Crippen molar-refractivity contribution in [1.29, 1.82) is 0 Å². The number of ether oxygens (including phenoxy) is 1. The molecule has 1 aliphatic rings. The van der Waals surface area contributed by atoms with Crippen molar-refractivity contribution in [2.75, 3.05) is 11.9 Å². The van der Waals surface area contributed by atoms with Crippen LogP contribution in [0.3, 0.4) is 0 Å². The van der Waals surface area contributed by atoms with Gasteiger partial charge in [-0.1, -0.05) is 48.5 Å². The maximum Gasteiger partial charge on any atom is 0.280 e. The maximum atomic E-state index is 13.4. The summed E-state index contributed by atoms with van der Waals surface area (Å²) in [6.07, 6.45) is 0. The Labute approximate surface area is 160 Å². The molecule has 140 valence electrons. The van der Waals surface area contributed by atoms with E-state index in [4.69, 9.17) is 4.74 Å². The highest BCUT2D eigenvalue weighted by Gasteiger charge is 2.54. The normalized spacial score (nSPS) is 18.0. The summed E-state index contributed by atoms with van der Waals surface area (Å²) in [6, 6.07) is 19.5. The first-order chi connectivity index (χ1) is 13.4. The van der Waals surface area contributed by atoms with Gasteiger partial charge in [-0.25, -0.2) is 0 Å². The third-order valence-electron chi connectivity index (χ3n) is 4.85. The second-order valence-electron chi connectivity index (χ2n) is 6.44. The minimum absolute atomic E-state index is 0.142. The maximum absolute atomic E-state index is 13.4. The van der Waals surface area contributed by atoms with Crippen molar-refractivity contribution in [2.24, 2.45) is 0 Å². The number of benzene rings is 3. The van der Waals surface area contributed by atoms with Gasteiger partial charge >= 0.3 is 0 Å². The van der Waals surface area contributed by atoms with E-state index in [1.165, 1.54) is 17.0 Å². The summed E-state index contributed by atoms with van der Waals surface area (Å²) in [6.45, 7) is 0. The highest BCUT2D eigenvalue weighted by molar-refractivity contribution is 6.09. The molecule has 3 aromatic rings. The average molecular weight is 376 g/mol. The Morgan fingerprint density at radius 2 is 1.71 bits per heavy atom. The number of aromatic hydroxyl groups is 1. The molecule has 1 N–H and O–H groups in total. The number of para-hydroxylation sites is 1. The molecule has 0 radical (unpaired) electrons. The third kappa shape index (κ3) is 2.48. The van der Waals surface area contributed by atoms with E-state index >= 15 is 0 Å². The highest BCUT2D eigenvalue weighted by Crippen LogP contribution is 2.48. The van der Waals surface area contributed by atoms with E-state index in [2.05, 4.69) is 0 Å². The lowest BCUT2D eigenvalue weighted by Gasteiger charge is -2.30. The molecule has 28 heavy (non-hydrogen) atoms. The van der Waals surface area contributed by atoms with Crippen molar-refractivity contribution in [3.05, 3.63) is 94.0 Å². The molecule has 1 aliphatic heterocycles. The number of hydrogen-bond donors (Lipinski definition) is 1. The Morgan fingerprint density at radius 3 is 2.43 bits per heavy atom. The average Bonchev–Trinajstić information content (AvgIpc) is 2.93. The number of fused-ring (bicyclic) bond motifs is 1. The highest BCUT2D eigenvalue weighted by atomic mass is 16.6. The lowest BCUT2D eigenvalue weighted by molar-refractivity contribution is -0.385. The number of amides is 1. The molecular weight excluding hydrogens is 360 g/mol. The molecule has 0 saturated heterocycles. The monoisotopic (exact) mass is 376 g/mol. The fourth-order valence-electron chi connectivity index (χ4n) is 3.50. The zero-order chi connectivity index (χ0) is 19.9. The van der Waals surface area contributed by atoms with Crippen LogP contribution in [0, 0.1) is 10.1 Å². The van der Waals surface area contributed by atoms with Gasteiger partial charge in [-0.3, -0.25) is 14.9 Å². The molecule has 0 saturated carbocycles. The van der Waals surface area contributed by atoms with Gasteiger partial charge in [0.25, 0.3) is 11.6 Å². The number of phenols is 1. The Balaban J connectivity index is 1.97. The first-order valence-corrected chi connectivity index (χ1v) is 8.55. The molecule has 1 heterocycles. The standard InChI is InChI=1S/C21H16N2O5/c1-22-17-10-6-5-9-16(17)21(20(22)25,14-7-3-2-4-8-14)28-19-13-15(23(26)27)11-12-18(19)24/h2-13,24H,1H3/t21-/m1/s1. The van der Waals surface area contributed by atoms with E-state index in [0.717, 1.165) is 6.07 Å². The zero-order valence-corrected chi connectivity index (χ0v) is 14.9. The third-order valence-corrected chi connectivity index (χ3v) is 4.85. The van der Waals surface area contributed by atoms with Gasteiger partial charge in [0, 0.05) is 24.2 Å². The number of likely N-dealkylation sites (N-methyl/N-ethyl adjacent to an activating group) is 1. The van der Waals surface area contributed by atoms with Crippen LogP contribution in [0.1, 0.15) is 11.1 Å². The van der Waals surface area contributed by atoms with E-state index in [9.17, 15) is 20.0 Å². The second kappa shape index (κ2) is 6.38. The first-order valence-electron chi connectivity index (χ1n) is 8.55. The van der Waals surface area contributed by atoms with Gasteiger partial charge < -0.3 is 14.7 Å². The number of nitrogens with zero attached hydrogens (tertiary/aromatic N) is 2. The predicted octanol–water partition coefficient (Wildman–Crippen LogP) is 3.60. The van der Waals surface area contributed by atoms with Crippen LogP contribution in [-0.2, 0) is 10.4 Å². The fraction of sp³-hybridized carbons (Fsp3) is 0.0952. The topological polar surface area (TPSA) is 92.9 Å². The molecule has 3 aromatic carbocycles. The minimum atomic E-state index is -1.57. The van der Waals surface area contributed by atoms with Crippen LogP contribution in [0.2, 0.25) is 0 Å². The largest absolute Gasteiger partial charge is 0.504 e. The molecule has 0 fully saturated rings. The molecule has 7 nitrogen and oxygen atoms in total. The van der Waals surface area contributed by atoms with E-state index < -0.39 is 10.5 Å². The van der Waals surface area contributed by atoms with Crippen LogP contribution in [-0.4, -0.2) is 23.0 Å². The summed E-state index contributed by atoms with van der Waals surface area (Å²) in [7, 11) is 1.64. The zero-order valence-electron chi connectivity index (χ0n) is 14.9. The number of carbonyl (C=O) groups is 1. The summed E-state index contributed by atoms with van der Waals surface area (Å²) in [5.41, 5.74) is 0.00550. The SMILES string of the molecule is CN1C(=O)[C@@](Oc2cc([N+](=O)[O-])ccc2O)(c2ccccc2)c2ccccc21. The van der Waals surface area contributed by atoms with E-state index in [-0.39, 0.29) is 23.1 Å². The lowest BCUT2D eigenvalue weighted by Crippen LogP contribution is -2.44. The number of hydrogen-bond acceptors (Lipinski definition) is 5. The summed E-state index contributed by atoms with van der Waals surface area (Å²) in [5.74, 6) is -0.789. The van der Waals surface area contributed by atoms with Crippen molar-refractivity contribution < 1.29 is 19.6 Å². The molecule has 0 spiro atoms. The Hall–Kier alpha value is -3.87. The molecule has 4 rings (SSSR count). The molecule has 0 unspecified atom stereocenters. The van der Waals surface area contributed by atoms with Crippen molar-refractivity contribution in [1.82, 2.24) is 0 Å². The Bertz CT molecular complexity index is 1080. The Morgan fingerprint density at radius 1 is 1.04 bits per heavy atom. The lowest BCUT2D eigenvalue weighted by atomic mass is 9.87. The van der Waals surface area contributed by atoms with Crippen molar-refractivity contribution >= 4 is 17.3 Å². The minimum Gasteiger partial charge on any atom is -0.504 e. The number of phenolic OH excluding ortho intramolecular Hbond substituents is 1. The van der Waals surface area contributed by atoms with Gasteiger partial charge in [-0.2, -0.15) is 0 Å². The number of anilines is 1. The van der Waals surface area contributed by atoms with Gasteiger partial charge in [0.05, 0.1) is 16.7 Å². The van der Waals surface area contributed by atoms with Gasteiger partial charge in [0.15, 0.2) is 11.5 Å². The second-order valence-corrected chi connectivity index (χ2v) is 6.44. The van der Waals surface area contributed by atoms with Crippen LogP contribution in [0.15, 0.2) is 72.8 Å². The molecule has 0 aromatic heterocycles. The molecule has 1 amide bonds. The molecule has 0 aliphatic carbocycles. The van der Waals surface area contributed by atoms with Gasteiger partial charge in [-0.15, -0.1) is 0 Å². The van der Waals surface area contributed by atoms with Crippen LogP contribution >= 0.6 is 0 Å². The number of nitro groups is 1. The van der Waals surface area contributed by atoms with Crippen LogP contribution in [0.5, 0.6) is 11.5 Å². The van der Waals surface area contributed by atoms with E-state index in [0.29, 0.717) is 16.8 Å². The van der Waals surface area contributed by atoms with Gasteiger partial charge in [-0.05, 0) is 12.1 Å². The van der Waals surface area contributed by atoms with Crippen molar-refractivity contribution in [3.8, 4) is 11.5 Å². The summed E-state index contributed by atoms with van der Waals surface area (Å²) >= 11 is 0. The summed E-state index contributed by atoms with van der Waals surface area (Å²) < 4.78 is 6.13. The molecule has 1 atom stereocenters. The van der Waals surface area contributed by atoms with Crippen molar-refractivity contribution in [3.63, 3.8) is 0 Å². The summed E-state index contributed by atoms with van der Waals surface area (Å²) in [4.78, 5) is 25.5. The van der Waals surface area contributed by atoms with E-state index in [1.54, 1.807) is 49.5 Å².